The maximum absolute atomic E-state index is 13.0. The fourth-order valence-corrected chi connectivity index (χ4v) is 4.00. The second-order valence-electron chi connectivity index (χ2n) is 7.19. The molecule has 1 fully saturated rings. The molecule has 1 saturated heterocycles. The minimum Gasteiger partial charge on any atom is -0.373 e. The molecule has 0 spiro atoms. The van der Waals surface area contributed by atoms with Crippen molar-refractivity contribution in [2.24, 2.45) is 0 Å². The topological polar surface area (TPSA) is 91.3 Å². The summed E-state index contributed by atoms with van der Waals surface area (Å²) in [6, 6.07) is 3.34. The molecule has 146 valence electrons. The third-order valence-corrected chi connectivity index (χ3v) is 5.50. The van der Waals surface area contributed by atoms with Gasteiger partial charge >= 0.3 is 0 Å². The third kappa shape index (κ3) is 3.30. The van der Waals surface area contributed by atoms with Crippen molar-refractivity contribution in [2.45, 2.75) is 38.8 Å². The van der Waals surface area contributed by atoms with Crippen LogP contribution in [0.25, 0.3) is 0 Å². The van der Waals surface area contributed by atoms with Crippen LogP contribution in [0.3, 0.4) is 0 Å². The lowest BCUT2D eigenvalue weighted by atomic mass is 10.0. The standard InChI is InChI=1S/C20H24N6O2/c1-13(27)25-11-7-16-15(12-25)18(21-2)24-19(23-16)17-4-3-10-26(17)20(28)14-5-8-22-9-6-14/h5-6,8-9,17H,3-4,7,10-12H2,1-2H3,(H,21,23,24)/t17-/m1/s1. The van der Waals surface area contributed by atoms with Gasteiger partial charge in [-0.15, -0.1) is 0 Å². The van der Waals surface area contributed by atoms with Gasteiger partial charge < -0.3 is 15.1 Å². The predicted octanol–water partition coefficient (Wildman–Crippen LogP) is 1.80. The molecule has 0 radical (unpaired) electrons. The third-order valence-electron chi connectivity index (χ3n) is 5.50. The number of nitrogens with zero attached hydrogens (tertiary/aromatic N) is 5. The summed E-state index contributed by atoms with van der Waals surface area (Å²) < 4.78 is 0. The molecule has 28 heavy (non-hydrogen) atoms. The molecule has 0 aromatic carbocycles. The molecule has 0 unspecified atom stereocenters. The van der Waals surface area contributed by atoms with Gasteiger partial charge in [0.2, 0.25) is 5.91 Å². The SMILES string of the molecule is CNc1nc([C@H]2CCCN2C(=O)c2ccncc2)nc2c1CN(C(C)=O)CC2. The van der Waals surface area contributed by atoms with Crippen molar-refractivity contribution in [3.05, 3.63) is 47.2 Å². The molecule has 2 aliphatic heterocycles. The van der Waals surface area contributed by atoms with Crippen molar-refractivity contribution in [1.82, 2.24) is 24.8 Å². The summed E-state index contributed by atoms with van der Waals surface area (Å²) in [5.74, 6) is 1.47. The molecule has 0 bridgehead atoms. The first kappa shape index (κ1) is 18.3. The van der Waals surface area contributed by atoms with Crippen molar-refractivity contribution in [2.75, 3.05) is 25.5 Å². The van der Waals surface area contributed by atoms with Gasteiger partial charge in [-0.25, -0.2) is 9.97 Å². The molecule has 4 rings (SSSR count). The van der Waals surface area contributed by atoms with E-state index in [1.165, 1.54) is 0 Å². The van der Waals surface area contributed by atoms with E-state index in [-0.39, 0.29) is 17.9 Å². The van der Waals surface area contributed by atoms with Crippen LogP contribution in [-0.2, 0) is 17.8 Å². The zero-order valence-corrected chi connectivity index (χ0v) is 16.2. The molecule has 8 heteroatoms. The molecule has 4 heterocycles. The number of carbonyl (C=O) groups is 2. The highest BCUT2D eigenvalue weighted by molar-refractivity contribution is 5.94. The van der Waals surface area contributed by atoms with E-state index in [0.29, 0.717) is 37.4 Å². The predicted molar refractivity (Wildman–Crippen MR) is 104 cm³/mol. The van der Waals surface area contributed by atoms with Crippen LogP contribution >= 0.6 is 0 Å². The summed E-state index contributed by atoms with van der Waals surface area (Å²) >= 11 is 0. The summed E-state index contributed by atoms with van der Waals surface area (Å²) in [5, 5.41) is 3.15. The van der Waals surface area contributed by atoms with Gasteiger partial charge in [0.05, 0.1) is 18.3 Å². The second-order valence-corrected chi connectivity index (χ2v) is 7.19. The van der Waals surface area contributed by atoms with Crippen LogP contribution < -0.4 is 5.32 Å². The van der Waals surface area contributed by atoms with Crippen LogP contribution in [0.15, 0.2) is 24.5 Å². The Morgan fingerprint density at radius 1 is 1.18 bits per heavy atom. The van der Waals surface area contributed by atoms with Crippen molar-refractivity contribution in [3.8, 4) is 0 Å². The maximum Gasteiger partial charge on any atom is 0.254 e. The molecule has 2 aliphatic rings. The van der Waals surface area contributed by atoms with Gasteiger partial charge in [-0.3, -0.25) is 14.6 Å². The van der Waals surface area contributed by atoms with Crippen molar-refractivity contribution in [3.63, 3.8) is 0 Å². The molecular formula is C20H24N6O2. The Balaban J connectivity index is 1.65. The number of anilines is 1. The van der Waals surface area contributed by atoms with E-state index in [4.69, 9.17) is 9.97 Å². The van der Waals surface area contributed by atoms with Gasteiger partial charge in [-0.2, -0.15) is 0 Å². The molecule has 1 N–H and O–H groups in total. The van der Waals surface area contributed by atoms with E-state index in [9.17, 15) is 9.59 Å². The molecule has 2 aromatic heterocycles. The van der Waals surface area contributed by atoms with Gasteiger partial charge in [0.25, 0.3) is 5.91 Å². The minimum atomic E-state index is -0.135. The first-order chi connectivity index (χ1) is 13.6. The lowest BCUT2D eigenvalue weighted by Gasteiger charge is -2.30. The normalized spacial score (nSPS) is 18.7. The van der Waals surface area contributed by atoms with Crippen LogP contribution in [0.4, 0.5) is 5.82 Å². The number of pyridine rings is 1. The monoisotopic (exact) mass is 380 g/mol. The number of likely N-dealkylation sites (tertiary alicyclic amines) is 1. The second kappa shape index (κ2) is 7.53. The molecule has 1 atom stereocenters. The van der Waals surface area contributed by atoms with E-state index in [0.717, 1.165) is 29.9 Å². The van der Waals surface area contributed by atoms with Gasteiger partial charge in [-0.05, 0) is 25.0 Å². The first-order valence-electron chi connectivity index (χ1n) is 9.62. The fourth-order valence-electron chi connectivity index (χ4n) is 4.00. The van der Waals surface area contributed by atoms with E-state index >= 15 is 0 Å². The smallest absolute Gasteiger partial charge is 0.254 e. The fraction of sp³-hybridized carbons (Fsp3) is 0.450. The Bertz CT molecular complexity index is 884. The largest absolute Gasteiger partial charge is 0.373 e. The molecule has 0 saturated carbocycles. The maximum atomic E-state index is 13.0. The molecule has 2 amide bonds. The van der Waals surface area contributed by atoms with Crippen LogP contribution in [0.1, 0.15) is 53.2 Å². The lowest BCUT2D eigenvalue weighted by molar-refractivity contribution is -0.129. The highest BCUT2D eigenvalue weighted by Crippen LogP contribution is 2.34. The van der Waals surface area contributed by atoms with Crippen LogP contribution in [-0.4, -0.2) is 56.7 Å². The number of hydrogen-bond donors (Lipinski definition) is 1. The van der Waals surface area contributed by atoms with E-state index in [1.54, 1.807) is 36.4 Å². The van der Waals surface area contributed by atoms with Gasteiger partial charge in [-0.1, -0.05) is 0 Å². The highest BCUT2D eigenvalue weighted by atomic mass is 16.2. The van der Waals surface area contributed by atoms with Crippen molar-refractivity contribution in [1.29, 1.82) is 0 Å². The lowest BCUT2D eigenvalue weighted by Crippen LogP contribution is -2.36. The summed E-state index contributed by atoms with van der Waals surface area (Å²) in [6.45, 7) is 3.46. The zero-order valence-electron chi connectivity index (χ0n) is 16.2. The Hall–Kier alpha value is -3.03. The highest BCUT2D eigenvalue weighted by Gasteiger charge is 2.34. The average Bonchev–Trinajstić information content (AvgIpc) is 3.22. The molecule has 8 nitrogen and oxygen atoms in total. The number of fused-ring (bicyclic) bond motifs is 1. The summed E-state index contributed by atoms with van der Waals surface area (Å²) in [4.78, 5) is 42.0. The van der Waals surface area contributed by atoms with Crippen LogP contribution in [0, 0.1) is 0 Å². The summed E-state index contributed by atoms with van der Waals surface area (Å²) in [7, 11) is 1.83. The first-order valence-corrected chi connectivity index (χ1v) is 9.62. The number of aromatic nitrogens is 3. The van der Waals surface area contributed by atoms with E-state index in [1.807, 2.05) is 11.9 Å². The van der Waals surface area contributed by atoms with Crippen LogP contribution in [0.2, 0.25) is 0 Å². The molecular weight excluding hydrogens is 356 g/mol. The number of rotatable bonds is 3. The Morgan fingerprint density at radius 2 is 1.96 bits per heavy atom. The Kier molecular flexibility index (Phi) is 4.93. The van der Waals surface area contributed by atoms with E-state index < -0.39 is 0 Å². The van der Waals surface area contributed by atoms with Crippen LogP contribution in [0.5, 0.6) is 0 Å². The van der Waals surface area contributed by atoms with Gasteiger partial charge in [0.1, 0.15) is 5.82 Å². The quantitative estimate of drug-likeness (QED) is 0.873. The molecule has 0 aliphatic carbocycles. The minimum absolute atomic E-state index is 0.0139. The average molecular weight is 380 g/mol. The summed E-state index contributed by atoms with van der Waals surface area (Å²) in [5.41, 5.74) is 2.57. The van der Waals surface area contributed by atoms with Gasteiger partial charge in [0, 0.05) is 57.0 Å². The van der Waals surface area contributed by atoms with E-state index in [2.05, 4.69) is 10.3 Å². The molecule has 2 aromatic rings. The number of carbonyl (C=O) groups excluding carboxylic acids is 2. The zero-order chi connectivity index (χ0) is 19.7. The van der Waals surface area contributed by atoms with Crippen molar-refractivity contribution >= 4 is 17.6 Å². The Labute approximate surface area is 164 Å². The van der Waals surface area contributed by atoms with Crippen molar-refractivity contribution < 1.29 is 9.59 Å². The number of hydrogen-bond acceptors (Lipinski definition) is 6. The number of amides is 2. The van der Waals surface area contributed by atoms with Gasteiger partial charge in [0.15, 0.2) is 5.82 Å². The Morgan fingerprint density at radius 3 is 2.68 bits per heavy atom. The summed E-state index contributed by atoms with van der Waals surface area (Å²) in [6.07, 6.45) is 5.73. The number of nitrogens with one attached hydrogen (secondary N) is 1.